The smallest absolute Gasteiger partial charge is 0.344 e. The average Bonchev–Trinajstić information content (AvgIpc) is 3.05. The molecule has 0 saturated carbocycles. The van der Waals surface area contributed by atoms with Gasteiger partial charge in [-0.05, 0) is 31.2 Å². The molecule has 0 fully saturated rings. The van der Waals surface area contributed by atoms with Gasteiger partial charge in [-0.2, -0.15) is 13.4 Å². The van der Waals surface area contributed by atoms with Gasteiger partial charge in [0, 0.05) is 23.3 Å². The highest BCUT2D eigenvalue weighted by Crippen LogP contribution is 2.20. The number of hydrogen-bond donors (Lipinski definition) is 0. The van der Waals surface area contributed by atoms with Gasteiger partial charge in [-0.3, -0.25) is 4.31 Å². The minimum atomic E-state index is -3.78. The molecule has 2 heterocycles. The van der Waals surface area contributed by atoms with E-state index in [4.69, 9.17) is 9.26 Å². The summed E-state index contributed by atoms with van der Waals surface area (Å²) >= 11 is 3.34. The SMILES string of the molecule is CC1=NS(=O)(=O)N(C)C=C1C(=O)OCc1nc(-c2ccc(Br)cc2)no1. The van der Waals surface area contributed by atoms with E-state index < -0.39 is 16.2 Å². The first-order valence-corrected chi connectivity index (χ1v) is 9.47. The Balaban J connectivity index is 1.67. The summed E-state index contributed by atoms with van der Waals surface area (Å²) in [5, 5.41) is 3.83. The number of nitrogens with zero attached hydrogens (tertiary/aromatic N) is 4. The van der Waals surface area contributed by atoms with Crippen LogP contribution in [0.5, 0.6) is 0 Å². The summed E-state index contributed by atoms with van der Waals surface area (Å²) in [6, 6.07) is 7.31. The number of carbonyl (C=O) groups excluding carboxylic acids is 1. The Hall–Kier alpha value is -2.53. The van der Waals surface area contributed by atoms with Crippen LogP contribution in [-0.4, -0.2) is 41.6 Å². The highest BCUT2D eigenvalue weighted by molar-refractivity contribution is 9.10. The fraction of sp³-hybridized carbons (Fsp3) is 0.200. The zero-order valence-electron chi connectivity index (χ0n) is 13.7. The molecule has 1 aromatic heterocycles. The number of esters is 1. The predicted molar refractivity (Wildman–Crippen MR) is 95.1 cm³/mol. The van der Waals surface area contributed by atoms with E-state index in [2.05, 4.69) is 30.5 Å². The molecule has 0 N–H and O–H groups in total. The number of hydrogen-bond acceptors (Lipinski definition) is 7. The lowest BCUT2D eigenvalue weighted by atomic mass is 10.2. The third-order valence-corrected chi connectivity index (χ3v) is 5.30. The Morgan fingerprint density at radius 3 is 2.69 bits per heavy atom. The van der Waals surface area contributed by atoms with Gasteiger partial charge in [0.2, 0.25) is 5.82 Å². The van der Waals surface area contributed by atoms with Crippen molar-refractivity contribution >= 4 is 37.8 Å². The molecule has 1 aliphatic heterocycles. The van der Waals surface area contributed by atoms with E-state index in [1.54, 1.807) is 0 Å². The largest absolute Gasteiger partial charge is 0.452 e. The average molecular weight is 441 g/mol. The van der Waals surface area contributed by atoms with Gasteiger partial charge in [-0.25, -0.2) is 4.79 Å². The maximum absolute atomic E-state index is 12.2. The van der Waals surface area contributed by atoms with Gasteiger partial charge in [0.25, 0.3) is 5.89 Å². The standard InChI is InChI=1S/C15H13BrN4O5S/c1-9-12(7-20(2)26(22,23)19-9)15(21)24-8-13-17-14(18-25-13)10-3-5-11(16)6-4-10/h3-7H,8H2,1-2H3. The van der Waals surface area contributed by atoms with Gasteiger partial charge < -0.3 is 9.26 Å². The fourth-order valence-corrected chi connectivity index (χ4v) is 3.14. The van der Waals surface area contributed by atoms with E-state index in [0.29, 0.717) is 5.82 Å². The van der Waals surface area contributed by atoms with Crippen molar-refractivity contribution in [1.29, 1.82) is 0 Å². The molecule has 0 atom stereocenters. The minimum Gasteiger partial charge on any atom is -0.452 e. The normalized spacial score (nSPS) is 16.0. The van der Waals surface area contributed by atoms with Crippen LogP contribution in [-0.2, 0) is 26.3 Å². The predicted octanol–water partition coefficient (Wildman–Crippen LogP) is 2.08. The van der Waals surface area contributed by atoms with Gasteiger partial charge in [0.1, 0.15) is 0 Å². The number of benzene rings is 1. The maximum Gasteiger partial charge on any atom is 0.344 e. The Morgan fingerprint density at radius 2 is 2.00 bits per heavy atom. The van der Waals surface area contributed by atoms with Crippen molar-refractivity contribution in [3.63, 3.8) is 0 Å². The number of ether oxygens (including phenoxy) is 1. The van der Waals surface area contributed by atoms with E-state index in [1.807, 2.05) is 24.3 Å². The lowest BCUT2D eigenvalue weighted by molar-refractivity contribution is -0.140. The van der Waals surface area contributed by atoms with Crippen LogP contribution >= 0.6 is 15.9 Å². The molecule has 1 aliphatic rings. The number of aromatic nitrogens is 2. The lowest BCUT2D eigenvalue weighted by Gasteiger charge is -2.18. The monoisotopic (exact) mass is 440 g/mol. The molecule has 0 spiro atoms. The van der Waals surface area contributed by atoms with E-state index in [9.17, 15) is 13.2 Å². The van der Waals surface area contributed by atoms with Crippen LogP contribution in [0.3, 0.4) is 0 Å². The Bertz CT molecular complexity index is 1010. The van der Waals surface area contributed by atoms with Crippen LogP contribution < -0.4 is 0 Å². The van der Waals surface area contributed by atoms with Gasteiger partial charge in [0.15, 0.2) is 6.61 Å². The van der Waals surface area contributed by atoms with Crippen molar-refractivity contribution < 1.29 is 22.5 Å². The van der Waals surface area contributed by atoms with Crippen LogP contribution in [0.4, 0.5) is 0 Å². The molecule has 136 valence electrons. The van der Waals surface area contributed by atoms with Gasteiger partial charge in [0.05, 0.1) is 11.3 Å². The maximum atomic E-state index is 12.2. The van der Waals surface area contributed by atoms with Crippen molar-refractivity contribution in [2.75, 3.05) is 7.05 Å². The van der Waals surface area contributed by atoms with Crippen LogP contribution in [0, 0.1) is 0 Å². The molecule has 0 bridgehead atoms. The summed E-state index contributed by atoms with van der Waals surface area (Å²) in [4.78, 5) is 16.3. The summed E-state index contributed by atoms with van der Waals surface area (Å²) in [6.07, 6.45) is 1.15. The molecule has 0 aliphatic carbocycles. The van der Waals surface area contributed by atoms with Crippen molar-refractivity contribution in [1.82, 2.24) is 14.4 Å². The van der Waals surface area contributed by atoms with Gasteiger partial charge >= 0.3 is 16.2 Å². The van der Waals surface area contributed by atoms with Crippen LogP contribution in [0.15, 0.2) is 49.4 Å². The molecule has 26 heavy (non-hydrogen) atoms. The van der Waals surface area contributed by atoms with Crippen LogP contribution in [0.25, 0.3) is 11.4 Å². The summed E-state index contributed by atoms with van der Waals surface area (Å²) in [7, 11) is -2.50. The van der Waals surface area contributed by atoms with Crippen molar-refractivity contribution in [2.24, 2.45) is 4.40 Å². The molecule has 0 unspecified atom stereocenters. The first-order chi connectivity index (χ1) is 12.3. The second kappa shape index (κ2) is 7.00. The molecular formula is C15H13BrN4O5S. The third kappa shape index (κ3) is 3.83. The lowest BCUT2D eigenvalue weighted by Crippen LogP contribution is -2.29. The second-order valence-electron chi connectivity index (χ2n) is 5.31. The Labute approximate surface area is 157 Å². The van der Waals surface area contributed by atoms with Crippen LogP contribution in [0.2, 0.25) is 0 Å². The fourth-order valence-electron chi connectivity index (χ4n) is 2.06. The molecule has 11 heteroatoms. The summed E-state index contributed by atoms with van der Waals surface area (Å²) in [5.74, 6) is -0.261. The number of rotatable bonds is 4. The molecule has 0 amide bonds. The van der Waals surface area contributed by atoms with E-state index in [1.165, 1.54) is 14.0 Å². The van der Waals surface area contributed by atoms with Crippen LogP contribution in [0.1, 0.15) is 12.8 Å². The minimum absolute atomic E-state index is 0.0370. The Kier molecular flexibility index (Phi) is 4.92. The molecule has 3 rings (SSSR count). The van der Waals surface area contributed by atoms with Gasteiger partial charge in [-0.1, -0.05) is 21.1 Å². The van der Waals surface area contributed by atoms with E-state index in [0.717, 1.165) is 20.5 Å². The molecule has 1 aromatic carbocycles. The molecule has 9 nitrogen and oxygen atoms in total. The first-order valence-electron chi connectivity index (χ1n) is 7.28. The number of halogens is 1. The van der Waals surface area contributed by atoms with Crippen molar-refractivity contribution in [2.45, 2.75) is 13.5 Å². The summed E-state index contributed by atoms with van der Waals surface area (Å²) in [6.45, 7) is 1.17. The topological polar surface area (TPSA) is 115 Å². The molecular weight excluding hydrogens is 428 g/mol. The highest BCUT2D eigenvalue weighted by Gasteiger charge is 2.26. The van der Waals surface area contributed by atoms with E-state index in [-0.39, 0.29) is 23.8 Å². The Morgan fingerprint density at radius 1 is 1.31 bits per heavy atom. The second-order valence-corrected chi connectivity index (χ2v) is 7.88. The summed E-state index contributed by atoms with van der Waals surface area (Å²) in [5.41, 5.74) is 0.837. The highest BCUT2D eigenvalue weighted by atomic mass is 79.9. The quantitative estimate of drug-likeness (QED) is 0.668. The number of carbonyl (C=O) groups is 1. The zero-order chi connectivity index (χ0) is 18.9. The zero-order valence-corrected chi connectivity index (χ0v) is 16.1. The summed E-state index contributed by atoms with van der Waals surface area (Å²) < 4.78 is 38.6. The molecule has 0 radical (unpaired) electrons. The van der Waals surface area contributed by atoms with Gasteiger partial charge in [-0.15, -0.1) is 4.40 Å². The van der Waals surface area contributed by atoms with E-state index >= 15 is 0 Å². The first kappa shape index (κ1) is 18.3. The molecule has 0 saturated heterocycles. The molecule has 2 aromatic rings. The third-order valence-electron chi connectivity index (χ3n) is 3.43. The van der Waals surface area contributed by atoms with Crippen molar-refractivity contribution in [3.8, 4) is 11.4 Å². The van der Waals surface area contributed by atoms with Crippen molar-refractivity contribution in [3.05, 3.63) is 46.4 Å².